The van der Waals surface area contributed by atoms with Gasteiger partial charge < -0.3 is 24.4 Å². The van der Waals surface area contributed by atoms with Crippen LogP contribution in [0.25, 0.3) is 10.9 Å². The van der Waals surface area contributed by atoms with E-state index in [1.165, 1.54) is 24.9 Å². The van der Waals surface area contributed by atoms with Crippen LogP contribution >= 0.6 is 11.6 Å². The number of aromatic nitrogens is 2. The lowest BCUT2D eigenvalue weighted by molar-refractivity contribution is 0.138. The van der Waals surface area contributed by atoms with E-state index < -0.39 is 5.82 Å². The Morgan fingerprint density at radius 1 is 1.18 bits per heavy atom. The first-order chi connectivity index (χ1) is 16.6. The van der Waals surface area contributed by atoms with Crippen molar-refractivity contribution in [3.8, 4) is 11.5 Å². The molecule has 1 N–H and O–H groups in total. The summed E-state index contributed by atoms with van der Waals surface area (Å²) >= 11 is 5.92. The van der Waals surface area contributed by atoms with E-state index in [2.05, 4.69) is 20.2 Å². The van der Waals surface area contributed by atoms with E-state index in [0.717, 1.165) is 50.6 Å². The van der Waals surface area contributed by atoms with Crippen LogP contribution < -0.4 is 14.8 Å². The molecule has 5 rings (SSSR count). The predicted molar refractivity (Wildman–Crippen MR) is 130 cm³/mol. The Kier molecular flexibility index (Phi) is 6.99. The highest BCUT2D eigenvalue weighted by atomic mass is 35.5. The van der Waals surface area contributed by atoms with Crippen LogP contribution in [0.3, 0.4) is 0 Å². The van der Waals surface area contributed by atoms with Gasteiger partial charge >= 0.3 is 0 Å². The summed E-state index contributed by atoms with van der Waals surface area (Å²) in [7, 11) is 1.61. The molecule has 3 aromatic rings. The van der Waals surface area contributed by atoms with Crippen molar-refractivity contribution in [3.05, 3.63) is 47.5 Å². The summed E-state index contributed by atoms with van der Waals surface area (Å²) in [6.07, 6.45) is 3.61. The molecule has 2 aliphatic rings. The third kappa shape index (κ3) is 5.04. The van der Waals surface area contributed by atoms with E-state index in [9.17, 15) is 4.39 Å². The van der Waals surface area contributed by atoms with Gasteiger partial charge in [0.1, 0.15) is 18.0 Å². The number of benzene rings is 2. The Bertz CT molecular complexity index is 1160. The number of ether oxygens (including phenoxy) is 3. The number of hydrogen-bond acceptors (Lipinski definition) is 7. The topological polar surface area (TPSA) is 68.7 Å². The van der Waals surface area contributed by atoms with E-state index in [-0.39, 0.29) is 5.02 Å². The number of anilines is 2. The van der Waals surface area contributed by atoms with Crippen molar-refractivity contribution >= 4 is 34.0 Å². The first-order valence-corrected chi connectivity index (χ1v) is 12.0. The first kappa shape index (κ1) is 23.1. The summed E-state index contributed by atoms with van der Waals surface area (Å²) in [6, 6.07) is 8.15. The summed E-state index contributed by atoms with van der Waals surface area (Å²) in [5.74, 6) is 2.77. The lowest BCUT2D eigenvalue weighted by Gasteiger charge is -2.33. The molecular weight excluding hydrogens is 459 g/mol. The molecule has 0 amide bonds. The number of hydrogen-bond donors (Lipinski definition) is 1. The molecule has 0 radical (unpaired) electrons. The lowest BCUT2D eigenvalue weighted by atomic mass is 9.89. The van der Waals surface area contributed by atoms with E-state index in [0.29, 0.717) is 41.0 Å². The molecule has 7 nitrogen and oxygen atoms in total. The fraction of sp³-hybridized carbons (Fsp3) is 0.440. The minimum Gasteiger partial charge on any atom is -0.493 e. The minimum atomic E-state index is -0.471. The van der Waals surface area contributed by atoms with E-state index in [1.54, 1.807) is 13.2 Å². The highest BCUT2D eigenvalue weighted by Crippen LogP contribution is 2.35. The highest BCUT2D eigenvalue weighted by molar-refractivity contribution is 6.31. The molecule has 0 saturated carbocycles. The Balaban J connectivity index is 1.26. The third-order valence-electron chi connectivity index (χ3n) is 6.62. The van der Waals surface area contributed by atoms with Crippen molar-refractivity contribution in [2.45, 2.75) is 12.8 Å². The maximum atomic E-state index is 13.5. The highest BCUT2D eigenvalue weighted by Gasteiger charge is 2.33. The Hall–Kier alpha value is -2.68. The number of fused-ring (bicyclic) bond motifs is 2. The molecule has 9 heteroatoms. The number of nitrogens with zero attached hydrogens (tertiary/aromatic N) is 3. The molecule has 1 aromatic heterocycles. The molecule has 0 bridgehead atoms. The van der Waals surface area contributed by atoms with Crippen LogP contribution in [0.15, 0.2) is 36.7 Å². The molecular formula is C25H28ClFN4O3. The second-order valence-corrected chi connectivity index (χ2v) is 9.25. The van der Waals surface area contributed by atoms with E-state index >= 15 is 0 Å². The quantitative estimate of drug-likeness (QED) is 0.453. The molecule has 0 spiro atoms. The smallest absolute Gasteiger partial charge is 0.162 e. The van der Waals surface area contributed by atoms with Gasteiger partial charge in [-0.05, 0) is 49.6 Å². The Labute approximate surface area is 203 Å². The molecule has 2 saturated heterocycles. The maximum absolute atomic E-state index is 13.5. The summed E-state index contributed by atoms with van der Waals surface area (Å²) < 4.78 is 30.8. The van der Waals surface area contributed by atoms with Crippen molar-refractivity contribution in [1.82, 2.24) is 14.9 Å². The average molecular weight is 487 g/mol. The van der Waals surface area contributed by atoms with Gasteiger partial charge in [-0.15, -0.1) is 0 Å². The van der Waals surface area contributed by atoms with Gasteiger partial charge in [0.25, 0.3) is 0 Å². The molecule has 2 fully saturated rings. The molecule has 3 heterocycles. The molecule has 2 unspecified atom stereocenters. The molecule has 34 heavy (non-hydrogen) atoms. The van der Waals surface area contributed by atoms with Crippen molar-refractivity contribution in [2.75, 3.05) is 51.9 Å². The normalized spacial score (nSPS) is 20.3. The lowest BCUT2D eigenvalue weighted by Crippen LogP contribution is -2.40. The van der Waals surface area contributed by atoms with Gasteiger partial charge in [-0.2, -0.15) is 0 Å². The van der Waals surface area contributed by atoms with Gasteiger partial charge in [-0.25, -0.2) is 14.4 Å². The van der Waals surface area contributed by atoms with Crippen LogP contribution in [-0.2, 0) is 4.74 Å². The van der Waals surface area contributed by atoms with Crippen molar-refractivity contribution in [1.29, 1.82) is 0 Å². The van der Waals surface area contributed by atoms with Gasteiger partial charge in [-0.1, -0.05) is 11.6 Å². The maximum Gasteiger partial charge on any atom is 0.162 e. The van der Waals surface area contributed by atoms with Gasteiger partial charge in [0.2, 0.25) is 0 Å². The van der Waals surface area contributed by atoms with E-state index in [4.69, 9.17) is 25.8 Å². The molecule has 2 aliphatic heterocycles. The van der Waals surface area contributed by atoms with Crippen LogP contribution in [0.2, 0.25) is 5.02 Å². The van der Waals surface area contributed by atoms with Crippen LogP contribution in [0.4, 0.5) is 15.9 Å². The number of nitrogens with one attached hydrogen (secondary N) is 1. The number of piperidine rings is 1. The predicted octanol–water partition coefficient (Wildman–Crippen LogP) is 4.91. The van der Waals surface area contributed by atoms with Crippen LogP contribution in [-0.4, -0.2) is 61.4 Å². The third-order valence-corrected chi connectivity index (χ3v) is 6.91. The van der Waals surface area contributed by atoms with Crippen molar-refractivity contribution in [3.63, 3.8) is 0 Å². The summed E-state index contributed by atoms with van der Waals surface area (Å²) in [5.41, 5.74) is 1.33. The molecule has 180 valence electrons. The van der Waals surface area contributed by atoms with E-state index in [1.807, 2.05) is 12.1 Å². The zero-order valence-electron chi connectivity index (χ0n) is 19.1. The van der Waals surface area contributed by atoms with Crippen LogP contribution in [0.5, 0.6) is 11.5 Å². The van der Waals surface area contributed by atoms with Gasteiger partial charge in [-0.3, -0.25) is 0 Å². The summed E-state index contributed by atoms with van der Waals surface area (Å²) in [6.45, 7) is 5.65. The SMILES string of the molecule is COc1cc2ncnc(Nc3ccc(F)c(Cl)c3)c2cc1OCCCN1CCC2COCC2C1. The Morgan fingerprint density at radius 3 is 2.91 bits per heavy atom. The monoisotopic (exact) mass is 486 g/mol. The number of methoxy groups -OCH3 is 1. The second kappa shape index (κ2) is 10.3. The molecule has 0 aliphatic carbocycles. The van der Waals surface area contributed by atoms with Crippen molar-refractivity contribution < 1.29 is 18.6 Å². The fourth-order valence-electron chi connectivity index (χ4n) is 4.76. The first-order valence-electron chi connectivity index (χ1n) is 11.6. The molecule has 2 atom stereocenters. The van der Waals surface area contributed by atoms with Gasteiger partial charge in [0.05, 0.1) is 30.9 Å². The average Bonchev–Trinajstić information content (AvgIpc) is 3.32. The summed E-state index contributed by atoms with van der Waals surface area (Å²) in [4.78, 5) is 11.2. The Morgan fingerprint density at radius 2 is 2.06 bits per heavy atom. The van der Waals surface area contributed by atoms with Crippen LogP contribution in [0.1, 0.15) is 12.8 Å². The standard InChI is InChI=1S/C25H28ClFN4O3/c1-32-23-11-22-19(25(29-15-28-22)30-18-3-4-21(27)20(26)9-18)10-24(23)34-8-2-6-31-7-5-16-13-33-14-17(16)12-31/h3-4,9-11,15-17H,2,5-8,12-14H2,1H3,(H,28,29,30). The van der Waals surface area contributed by atoms with Crippen LogP contribution in [0, 0.1) is 17.7 Å². The number of rotatable bonds is 8. The van der Waals surface area contributed by atoms with Gasteiger partial charge in [0, 0.05) is 42.8 Å². The minimum absolute atomic E-state index is 0.0405. The zero-order chi connectivity index (χ0) is 23.5. The zero-order valence-corrected chi connectivity index (χ0v) is 19.9. The summed E-state index contributed by atoms with van der Waals surface area (Å²) in [5, 5.41) is 4.00. The van der Waals surface area contributed by atoms with Gasteiger partial charge in [0.15, 0.2) is 11.5 Å². The largest absolute Gasteiger partial charge is 0.493 e. The second-order valence-electron chi connectivity index (χ2n) is 8.85. The van der Waals surface area contributed by atoms with Crippen molar-refractivity contribution in [2.24, 2.45) is 11.8 Å². The number of likely N-dealkylation sites (tertiary alicyclic amines) is 1. The fourth-order valence-corrected chi connectivity index (χ4v) is 4.94. The number of halogens is 2. The molecule has 2 aromatic carbocycles.